The monoisotopic (exact) mass is 176 g/mol. The summed E-state index contributed by atoms with van der Waals surface area (Å²) in [5, 5.41) is 0. The Balaban J connectivity index is 2.67. The van der Waals surface area contributed by atoms with Crippen LogP contribution in [0.4, 0.5) is 0 Å². The Morgan fingerprint density at radius 2 is 2.33 bits per heavy atom. The van der Waals surface area contributed by atoms with E-state index in [1.807, 2.05) is 0 Å². The lowest BCUT2D eigenvalue weighted by molar-refractivity contribution is 1.02. The average molecular weight is 176 g/mol. The summed E-state index contributed by atoms with van der Waals surface area (Å²) in [6.45, 7) is 0. The highest BCUT2D eigenvalue weighted by molar-refractivity contribution is 7.98. The Bertz CT molecular complexity index is 283. The molecule has 0 nitrogen and oxygen atoms in total. The first-order valence-electron chi connectivity index (χ1n) is 3.93. The van der Waals surface area contributed by atoms with Crippen LogP contribution >= 0.6 is 11.8 Å². The maximum Gasteiger partial charge on any atom is 0.0127 e. The van der Waals surface area contributed by atoms with Crippen molar-refractivity contribution in [2.75, 3.05) is 6.26 Å². The molecule has 12 heavy (non-hydrogen) atoms. The van der Waals surface area contributed by atoms with E-state index in [0.717, 1.165) is 12.8 Å². The van der Waals surface area contributed by atoms with Crippen LogP contribution in [0.1, 0.15) is 12.0 Å². The average Bonchev–Trinajstić information content (AvgIpc) is 2.15. The van der Waals surface area contributed by atoms with Gasteiger partial charge in [-0.25, -0.2) is 0 Å². The van der Waals surface area contributed by atoms with Crippen LogP contribution in [-0.4, -0.2) is 6.26 Å². The number of benzene rings is 1. The molecule has 0 radical (unpaired) electrons. The molecule has 0 aliphatic carbocycles. The largest absolute Gasteiger partial charge is 0.130 e. The van der Waals surface area contributed by atoms with Gasteiger partial charge in [-0.2, -0.15) is 0 Å². The second kappa shape index (κ2) is 4.90. The summed E-state index contributed by atoms with van der Waals surface area (Å²) >= 11 is 1.76. The van der Waals surface area contributed by atoms with E-state index in [1.54, 1.807) is 11.8 Å². The molecule has 1 heteroatoms. The summed E-state index contributed by atoms with van der Waals surface area (Å²) in [4.78, 5) is 1.31. The lowest BCUT2D eigenvalue weighted by Crippen LogP contribution is -1.83. The molecule has 0 aromatic heterocycles. The van der Waals surface area contributed by atoms with Crippen molar-refractivity contribution in [2.45, 2.75) is 17.7 Å². The van der Waals surface area contributed by atoms with Gasteiger partial charge in [-0.15, -0.1) is 24.1 Å². The Hall–Kier alpha value is -0.870. The van der Waals surface area contributed by atoms with Gasteiger partial charge in [0.15, 0.2) is 0 Å². The van der Waals surface area contributed by atoms with Crippen molar-refractivity contribution in [1.29, 1.82) is 0 Å². The minimum absolute atomic E-state index is 0.831. The molecule has 0 spiro atoms. The number of hydrogen-bond donors (Lipinski definition) is 0. The summed E-state index contributed by atoms with van der Waals surface area (Å²) in [7, 11) is 0. The molecule has 62 valence electrons. The minimum Gasteiger partial charge on any atom is -0.130 e. The second-order valence-corrected chi connectivity index (χ2v) is 3.44. The highest BCUT2D eigenvalue weighted by atomic mass is 32.2. The minimum atomic E-state index is 0.831. The first kappa shape index (κ1) is 9.22. The third kappa shape index (κ3) is 2.64. The van der Waals surface area contributed by atoms with Crippen LogP contribution in [-0.2, 0) is 6.42 Å². The third-order valence-corrected chi connectivity index (χ3v) is 2.42. The van der Waals surface area contributed by atoms with Crippen LogP contribution in [0, 0.1) is 12.3 Å². The fraction of sp³-hybridized carbons (Fsp3) is 0.273. The van der Waals surface area contributed by atoms with Crippen molar-refractivity contribution in [2.24, 2.45) is 0 Å². The molecule has 1 aromatic carbocycles. The van der Waals surface area contributed by atoms with Gasteiger partial charge in [-0.3, -0.25) is 0 Å². The molecule has 0 heterocycles. The summed E-state index contributed by atoms with van der Waals surface area (Å²) in [6.07, 6.45) is 9.10. The molecular formula is C11H12S. The molecule has 0 fully saturated rings. The topological polar surface area (TPSA) is 0 Å². The molecule has 1 rings (SSSR count). The predicted molar refractivity (Wildman–Crippen MR) is 55.4 cm³/mol. The quantitative estimate of drug-likeness (QED) is 0.504. The molecule has 0 saturated carbocycles. The lowest BCUT2D eigenvalue weighted by atomic mass is 10.1. The predicted octanol–water partition coefficient (Wildman–Crippen LogP) is 2.97. The molecule has 0 aliphatic rings. The van der Waals surface area contributed by atoms with E-state index >= 15 is 0 Å². The van der Waals surface area contributed by atoms with Crippen LogP contribution in [0.25, 0.3) is 0 Å². The maximum absolute atomic E-state index is 5.19. The Morgan fingerprint density at radius 1 is 1.50 bits per heavy atom. The summed E-state index contributed by atoms with van der Waals surface area (Å²) in [5.74, 6) is 2.65. The molecule has 0 atom stereocenters. The van der Waals surface area contributed by atoms with Crippen LogP contribution in [0.15, 0.2) is 29.2 Å². The zero-order valence-electron chi connectivity index (χ0n) is 7.21. The van der Waals surface area contributed by atoms with Crippen molar-refractivity contribution in [1.82, 2.24) is 0 Å². The van der Waals surface area contributed by atoms with Gasteiger partial charge in [0.05, 0.1) is 0 Å². The second-order valence-electron chi connectivity index (χ2n) is 2.56. The van der Waals surface area contributed by atoms with Gasteiger partial charge in [0.2, 0.25) is 0 Å². The number of aryl methyl sites for hydroxylation is 1. The van der Waals surface area contributed by atoms with E-state index in [-0.39, 0.29) is 0 Å². The van der Waals surface area contributed by atoms with Crippen molar-refractivity contribution in [3.05, 3.63) is 29.8 Å². The van der Waals surface area contributed by atoms with Crippen LogP contribution in [0.2, 0.25) is 0 Å². The highest BCUT2D eigenvalue weighted by Gasteiger charge is 1.93. The van der Waals surface area contributed by atoms with Crippen molar-refractivity contribution in [3.8, 4) is 12.3 Å². The molecular weight excluding hydrogens is 164 g/mol. The van der Waals surface area contributed by atoms with Gasteiger partial charge in [0.1, 0.15) is 0 Å². The molecule has 0 bridgehead atoms. The molecule has 0 amide bonds. The lowest BCUT2D eigenvalue weighted by Gasteiger charge is -1.99. The zero-order valence-corrected chi connectivity index (χ0v) is 8.03. The Kier molecular flexibility index (Phi) is 3.76. The van der Waals surface area contributed by atoms with Crippen LogP contribution < -0.4 is 0 Å². The molecule has 0 aliphatic heterocycles. The fourth-order valence-corrected chi connectivity index (χ4v) is 1.53. The van der Waals surface area contributed by atoms with Crippen molar-refractivity contribution >= 4 is 11.8 Å². The fourth-order valence-electron chi connectivity index (χ4n) is 1.04. The summed E-state index contributed by atoms with van der Waals surface area (Å²) in [5.41, 5.74) is 1.33. The van der Waals surface area contributed by atoms with E-state index in [1.165, 1.54) is 10.5 Å². The molecule has 1 aromatic rings. The van der Waals surface area contributed by atoms with Gasteiger partial charge in [0.25, 0.3) is 0 Å². The van der Waals surface area contributed by atoms with Crippen LogP contribution in [0.3, 0.4) is 0 Å². The number of thioether (sulfide) groups is 1. The van der Waals surface area contributed by atoms with Crippen molar-refractivity contribution < 1.29 is 0 Å². The number of hydrogen-bond acceptors (Lipinski definition) is 1. The van der Waals surface area contributed by atoms with E-state index in [4.69, 9.17) is 6.42 Å². The van der Waals surface area contributed by atoms with Gasteiger partial charge >= 0.3 is 0 Å². The summed E-state index contributed by atoms with van der Waals surface area (Å²) < 4.78 is 0. The maximum atomic E-state index is 5.19. The summed E-state index contributed by atoms with van der Waals surface area (Å²) in [6, 6.07) is 8.51. The number of terminal acetylenes is 1. The van der Waals surface area contributed by atoms with E-state index in [2.05, 4.69) is 36.4 Å². The smallest absolute Gasteiger partial charge is 0.0127 e. The SMILES string of the molecule is C#CCCc1cccc(SC)c1. The Labute approximate surface area is 78.4 Å². The Morgan fingerprint density at radius 3 is 3.00 bits per heavy atom. The van der Waals surface area contributed by atoms with E-state index in [9.17, 15) is 0 Å². The number of rotatable bonds is 3. The van der Waals surface area contributed by atoms with Crippen molar-refractivity contribution in [3.63, 3.8) is 0 Å². The highest BCUT2D eigenvalue weighted by Crippen LogP contribution is 2.16. The van der Waals surface area contributed by atoms with Gasteiger partial charge < -0.3 is 0 Å². The molecule has 0 saturated heterocycles. The van der Waals surface area contributed by atoms with E-state index in [0.29, 0.717) is 0 Å². The first-order chi connectivity index (χ1) is 5.86. The molecule has 0 unspecified atom stereocenters. The van der Waals surface area contributed by atoms with Gasteiger partial charge in [-0.05, 0) is 30.4 Å². The first-order valence-corrected chi connectivity index (χ1v) is 5.15. The van der Waals surface area contributed by atoms with Gasteiger partial charge in [0, 0.05) is 11.3 Å². The van der Waals surface area contributed by atoms with E-state index < -0.39 is 0 Å². The molecule has 0 N–H and O–H groups in total. The third-order valence-electron chi connectivity index (χ3n) is 1.69. The van der Waals surface area contributed by atoms with Crippen LogP contribution in [0.5, 0.6) is 0 Å². The van der Waals surface area contributed by atoms with Gasteiger partial charge in [-0.1, -0.05) is 12.1 Å². The standard InChI is InChI=1S/C11H12S/c1-3-4-6-10-7-5-8-11(9-10)12-2/h1,5,7-9H,4,6H2,2H3. The normalized spacial score (nSPS) is 9.33. The zero-order chi connectivity index (χ0) is 8.81.